The van der Waals surface area contributed by atoms with Crippen molar-refractivity contribution in [3.8, 4) is 5.75 Å². The van der Waals surface area contributed by atoms with Gasteiger partial charge in [-0.2, -0.15) is 0 Å². The van der Waals surface area contributed by atoms with Gasteiger partial charge in [-0.1, -0.05) is 31.0 Å². The number of para-hydroxylation sites is 1. The Morgan fingerprint density at radius 3 is 2.59 bits per heavy atom. The predicted molar refractivity (Wildman–Crippen MR) is 95.6 cm³/mol. The molecule has 1 saturated heterocycles. The fraction of sp³-hybridized carbons (Fsp3) is 0.526. The Balaban J connectivity index is 1.46. The standard InChI is InChI=1S/C19H22F3N3O4/c20-19(21,22)29-14-7-2-1-6-13(14)12-23-15(26)8-5-11-25-16(27)18(24-17(25)28)9-3-4-10-18/h1-2,6-7H,3-5,8-12H2,(H,23,26)(H,24,28). The fourth-order valence-corrected chi connectivity index (χ4v) is 3.75. The molecule has 3 rings (SSSR count). The van der Waals surface area contributed by atoms with Crippen LogP contribution < -0.4 is 15.4 Å². The van der Waals surface area contributed by atoms with Crippen LogP contribution in [0.25, 0.3) is 0 Å². The zero-order chi connectivity index (χ0) is 21.1. The number of hydrogen-bond donors (Lipinski definition) is 2. The maximum Gasteiger partial charge on any atom is 0.573 e. The van der Waals surface area contributed by atoms with Crippen LogP contribution in [0.15, 0.2) is 24.3 Å². The van der Waals surface area contributed by atoms with Crippen LogP contribution in [-0.2, 0) is 16.1 Å². The number of carbonyl (C=O) groups is 3. The van der Waals surface area contributed by atoms with Gasteiger partial charge in [0.25, 0.3) is 5.91 Å². The molecule has 0 aromatic heterocycles. The lowest BCUT2D eigenvalue weighted by Gasteiger charge is -2.19. The molecular weight excluding hydrogens is 391 g/mol. The van der Waals surface area contributed by atoms with E-state index in [-0.39, 0.29) is 43.2 Å². The molecule has 1 saturated carbocycles. The molecule has 10 heteroatoms. The van der Waals surface area contributed by atoms with Crippen molar-refractivity contribution in [1.29, 1.82) is 0 Å². The van der Waals surface area contributed by atoms with E-state index in [1.54, 1.807) is 6.07 Å². The van der Waals surface area contributed by atoms with Crippen molar-refractivity contribution in [3.05, 3.63) is 29.8 Å². The lowest BCUT2D eigenvalue weighted by molar-refractivity contribution is -0.274. The van der Waals surface area contributed by atoms with Gasteiger partial charge in [-0.15, -0.1) is 13.2 Å². The van der Waals surface area contributed by atoms with E-state index < -0.39 is 23.8 Å². The first-order valence-corrected chi connectivity index (χ1v) is 9.45. The van der Waals surface area contributed by atoms with Gasteiger partial charge in [-0.25, -0.2) is 4.79 Å². The normalized spacial score (nSPS) is 18.2. The molecule has 0 radical (unpaired) electrons. The maximum absolute atomic E-state index is 12.5. The first-order valence-electron chi connectivity index (χ1n) is 9.45. The summed E-state index contributed by atoms with van der Waals surface area (Å²) in [5, 5.41) is 5.30. The summed E-state index contributed by atoms with van der Waals surface area (Å²) in [7, 11) is 0. The Kier molecular flexibility index (Phi) is 5.99. The van der Waals surface area contributed by atoms with Crippen LogP contribution >= 0.6 is 0 Å². The molecule has 0 unspecified atom stereocenters. The van der Waals surface area contributed by atoms with Gasteiger partial charge >= 0.3 is 12.4 Å². The van der Waals surface area contributed by atoms with Crippen molar-refractivity contribution in [3.63, 3.8) is 0 Å². The van der Waals surface area contributed by atoms with Gasteiger partial charge in [0, 0.05) is 25.1 Å². The topological polar surface area (TPSA) is 87.7 Å². The van der Waals surface area contributed by atoms with Crippen molar-refractivity contribution in [2.24, 2.45) is 0 Å². The predicted octanol–water partition coefficient (Wildman–Crippen LogP) is 2.85. The summed E-state index contributed by atoms with van der Waals surface area (Å²) in [5.41, 5.74) is -0.586. The quantitative estimate of drug-likeness (QED) is 0.673. The summed E-state index contributed by atoms with van der Waals surface area (Å²) >= 11 is 0. The maximum atomic E-state index is 12.5. The van der Waals surface area contributed by atoms with E-state index in [0.717, 1.165) is 17.7 Å². The molecule has 2 aliphatic rings. The second-order valence-electron chi connectivity index (χ2n) is 7.21. The number of carbonyl (C=O) groups excluding carboxylic acids is 3. The molecule has 7 nitrogen and oxygen atoms in total. The summed E-state index contributed by atoms with van der Waals surface area (Å²) in [4.78, 5) is 37.8. The Morgan fingerprint density at radius 1 is 1.21 bits per heavy atom. The molecule has 0 atom stereocenters. The highest BCUT2D eigenvalue weighted by molar-refractivity contribution is 6.07. The highest BCUT2D eigenvalue weighted by atomic mass is 19.4. The number of ether oxygens (including phenoxy) is 1. The van der Waals surface area contributed by atoms with Crippen LogP contribution in [0.4, 0.5) is 18.0 Å². The van der Waals surface area contributed by atoms with E-state index in [1.165, 1.54) is 18.2 Å². The fourth-order valence-electron chi connectivity index (χ4n) is 3.75. The van der Waals surface area contributed by atoms with Gasteiger partial charge < -0.3 is 15.4 Å². The summed E-state index contributed by atoms with van der Waals surface area (Å²) in [6.07, 6.45) is -1.47. The first-order chi connectivity index (χ1) is 13.7. The average molecular weight is 413 g/mol. The molecular formula is C19H22F3N3O4. The third-order valence-corrected chi connectivity index (χ3v) is 5.16. The van der Waals surface area contributed by atoms with Crippen molar-refractivity contribution in [2.75, 3.05) is 6.54 Å². The van der Waals surface area contributed by atoms with E-state index in [0.29, 0.717) is 12.8 Å². The molecule has 1 heterocycles. The van der Waals surface area contributed by atoms with Crippen molar-refractivity contribution >= 4 is 17.8 Å². The molecule has 29 heavy (non-hydrogen) atoms. The number of hydrogen-bond acceptors (Lipinski definition) is 4. The number of urea groups is 1. The van der Waals surface area contributed by atoms with Crippen LogP contribution in [-0.4, -0.2) is 41.2 Å². The number of benzene rings is 1. The van der Waals surface area contributed by atoms with Gasteiger partial charge in [0.2, 0.25) is 5.91 Å². The highest BCUT2D eigenvalue weighted by Gasteiger charge is 2.52. The molecule has 1 aliphatic heterocycles. The monoisotopic (exact) mass is 413 g/mol. The third kappa shape index (κ3) is 4.99. The van der Waals surface area contributed by atoms with E-state index in [1.807, 2.05) is 0 Å². The first kappa shape index (κ1) is 20.9. The highest BCUT2D eigenvalue weighted by Crippen LogP contribution is 2.35. The van der Waals surface area contributed by atoms with Gasteiger partial charge in [0.05, 0.1) is 0 Å². The molecule has 2 fully saturated rings. The van der Waals surface area contributed by atoms with Gasteiger partial charge in [-0.05, 0) is 25.3 Å². The van der Waals surface area contributed by atoms with Crippen molar-refractivity contribution in [1.82, 2.24) is 15.5 Å². The number of alkyl halides is 3. The van der Waals surface area contributed by atoms with Crippen LogP contribution in [0, 0.1) is 0 Å². The van der Waals surface area contributed by atoms with Crippen LogP contribution in [0.1, 0.15) is 44.1 Å². The van der Waals surface area contributed by atoms with Crippen molar-refractivity contribution < 1.29 is 32.3 Å². The number of rotatable bonds is 7. The molecule has 1 aromatic carbocycles. The smallest absolute Gasteiger partial charge is 0.405 e. The Bertz CT molecular complexity index is 791. The van der Waals surface area contributed by atoms with E-state index in [2.05, 4.69) is 15.4 Å². The second kappa shape index (κ2) is 8.30. The summed E-state index contributed by atoms with van der Waals surface area (Å²) < 4.78 is 41.2. The molecule has 158 valence electrons. The molecule has 2 N–H and O–H groups in total. The summed E-state index contributed by atoms with van der Waals surface area (Å²) in [6.45, 7) is -0.00899. The van der Waals surface area contributed by atoms with Crippen molar-refractivity contribution in [2.45, 2.75) is 57.0 Å². The number of nitrogens with one attached hydrogen (secondary N) is 2. The van der Waals surface area contributed by atoms with Crippen LogP contribution in [0.3, 0.4) is 0 Å². The van der Waals surface area contributed by atoms with E-state index in [4.69, 9.17) is 0 Å². The molecule has 1 aromatic rings. The Hall–Kier alpha value is -2.78. The van der Waals surface area contributed by atoms with Crippen LogP contribution in [0.5, 0.6) is 5.75 Å². The summed E-state index contributed by atoms with van der Waals surface area (Å²) in [5.74, 6) is -1.01. The minimum absolute atomic E-state index is 0.0341. The number of amides is 4. The molecule has 1 aliphatic carbocycles. The molecule has 1 spiro atoms. The van der Waals surface area contributed by atoms with Gasteiger partial charge in [0.15, 0.2) is 0 Å². The largest absolute Gasteiger partial charge is 0.573 e. The lowest BCUT2D eigenvalue weighted by atomic mass is 9.98. The zero-order valence-electron chi connectivity index (χ0n) is 15.7. The SMILES string of the molecule is O=C(CCCN1C(=O)NC2(CCCC2)C1=O)NCc1ccccc1OC(F)(F)F. The number of imide groups is 1. The molecule has 0 bridgehead atoms. The zero-order valence-corrected chi connectivity index (χ0v) is 15.7. The Morgan fingerprint density at radius 2 is 1.90 bits per heavy atom. The van der Waals surface area contributed by atoms with Gasteiger partial charge in [-0.3, -0.25) is 14.5 Å². The van der Waals surface area contributed by atoms with Crippen LogP contribution in [0.2, 0.25) is 0 Å². The minimum Gasteiger partial charge on any atom is -0.405 e. The summed E-state index contributed by atoms with van der Waals surface area (Å²) in [6, 6.07) is 5.11. The second-order valence-corrected chi connectivity index (χ2v) is 7.21. The minimum atomic E-state index is -4.82. The van der Waals surface area contributed by atoms with Gasteiger partial charge in [0.1, 0.15) is 11.3 Å². The average Bonchev–Trinajstić information content (AvgIpc) is 3.20. The van der Waals surface area contributed by atoms with E-state index in [9.17, 15) is 27.6 Å². The third-order valence-electron chi connectivity index (χ3n) is 5.16. The number of nitrogens with zero attached hydrogens (tertiary/aromatic N) is 1. The Labute approximate surface area is 165 Å². The number of halogens is 3. The molecule has 4 amide bonds. The van der Waals surface area contributed by atoms with E-state index >= 15 is 0 Å². The lowest BCUT2D eigenvalue weighted by Crippen LogP contribution is -2.44.